The Morgan fingerprint density at radius 1 is 1.21 bits per heavy atom. The Balaban J connectivity index is 1.41. The summed E-state index contributed by atoms with van der Waals surface area (Å²) in [5.41, 5.74) is 8.34. The molecule has 0 bridgehead atoms. The van der Waals surface area contributed by atoms with Crippen LogP contribution in [0.4, 0.5) is 5.00 Å². The largest absolute Gasteiger partial charge is 0.365 e. The second-order valence-corrected chi connectivity index (χ2v) is 11.1. The van der Waals surface area contributed by atoms with Crippen LogP contribution in [0.3, 0.4) is 0 Å². The summed E-state index contributed by atoms with van der Waals surface area (Å²) in [5.74, 6) is 0.967. The van der Waals surface area contributed by atoms with Crippen LogP contribution in [0.1, 0.15) is 45.0 Å². The highest BCUT2D eigenvalue weighted by atomic mass is 32.2. The molecule has 3 aromatic rings. The lowest BCUT2D eigenvalue weighted by Gasteiger charge is -2.11. The van der Waals surface area contributed by atoms with Crippen molar-refractivity contribution < 1.29 is 9.59 Å². The van der Waals surface area contributed by atoms with Gasteiger partial charge in [0.05, 0.1) is 17.1 Å². The van der Waals surface area contributed by atoms with Crippen molar-refractivity contribution in [1.29, 1.82) is 0 Å². The van der Waals surface area contributed by atoms with Crippen molar-refractivity contribution in [2.45, 2.75) is 55.0 Å². The van der Waals surface area contributed by atoms with Crippen molar-refractivity contribution in [3.63, 3.8) is 0 Å². The van der Waals surface area contributed by atoms with Crippen LogP contribution in [0.2, 0.25) is 0 Å². The van der Waals surface area contributed by atoms with Crippen molar-refractivity contribution in [2.75, 3.05) is 11.1 Å². The molecule has 178 valence electrons. The number of nitrogens with two attached hydrogens (primary N) is 1. The molecule has 0 atom stereocenters. The fourth-order valence-electron chi connectivity index (χ4n) is 3.83. The van der Waals surface area contributed by atoms with Gasteiger partial charge in [-0.3, -0.25) is 9.59 Å². The first-order valence-corrected chi connectivity index (χ1v) is 13.8. The minimum atomic E-state index is -0.483. The predicted octanol–water partition coefficient (Wildman–Crippen LogP) is 4.83. The summed E-state index contributed by atoms with van der Waals surface area (Å²) in [4.78, 5) is 27.1. The predicted molar refractivity (Wildman–Crippen MR) is 140 cm³/mol. The molecule has 0 aliphatic heterocycles. The van der Waals surface area contributed by atoms with Crippen LogP contribution in [0.15, 0.2) is 47.0 Å². The highest BCUT2D eigenvalue weighted by Gasteiger charge is 2.25. The van der Waals surface area contributed by atoms with E-state index in [0.29, 0.717) is 28.0 Å². The van der Waals surface area contributed by atoms with E-state index >= 15 is 0 Å². The molecule has 0 spiro atoms. The zero-order valence-corrected chi connectivity index (χ0v) is 21.5. The van der Waals surface area contributed by atoms with E-state index in [9.17, 15) is 9.59 Å². The summed E-state index contributed by atoms with van der Waals surface area (Å²) >= 11 is 4.48. The number of rotatable bonds is 10. The molecule has 1 aliphatic rings. The molecule has 3 N–H and O–H groups in total. The summed E-state index contributed by atoms with van der Waals surface area (Å²) in [7, 11) is 0. The number of benzene rings is 1. The van der Waals surface area contributed by atoms with E-state index < -0.39 is 5.91 Å². The molecule has 2 heterocycles. The highest BCUT2D eigenvalue weighted by Crippen LogP contribution is 2.38. The van der Waals surface area contributed by atoms with Crippen molar-refractivity contribution in [1.82, 2.24) is 14.8 Å². The first-order valence-electron chi connectivity index (χ1n) is 11.1. The Bertz CT molecular complexity index is 1200. The van der Waals surface area contributed by atoms with Crippen LogP contribution in [0.25, 0.3) is 0 Å². The average Bonchev–Trinajstić information content (AvgIpc) is 3.38. The second-order valence-electron chi connectivity index (χ2n) is 8.02. The van der Waals surface area contributed by atoms with E-state index in [4.69, 9.17) is 5.73 Å². The maximum atomic E-state index is 12.7. The van der Waals surface area contributed by atoms with Crippen LogP contribution in [-0.2, 0) is 29.9 Å². The molecule has 1 aliphatic carbocycles. The molecule has 10 heteroatoms. The lowest BCUT2D eigenvalue weighted by Crippen LogP contribution is -2.19. The van der Waals surface area contributed by atoms with Crippen LogP contribution in [0, 0.1) is 6.92 Å². The number of primary amides is 1. The average molecular weight is 514 g/mol. The molecule has 0 unspecified atom stereocenters. The zero-order valence-electron chi connectivity index (χ0n) is 19.0. The fourth-order valence-corrected chi connectivity index (χ4v) is 6.75. The summed E-state index contributed by atoms with van der Waals surface area (Å²) in [5, 5.41) is 12.8. The van der Waals surface area contributed by atoms with Crippen molar-refractivity contribution >= 4 is 51.7 Å². The first kappa shape index (κ1) is 24.6. The Morgan fingerprint density at radius 2 is 1.97 bits per heavy atom. The number of aromatic nitrogens is 3. The molecular formula is C24H27N5O2S3. The number of anilines is 1. The maximum Gasteiger partial charge on any atom is 0.251 e. The van der Waals surface area contributed by atoms with Gasteiger partial charge in [0.25, 0.3) is 5.91 Å². The molecule has 0 fully saturated rings. The number of hydrogen-bond acceptors (Lipinski definition) is 7. The first-order chi connectivity index (χ1) is 16.5. The molecule has 4 rings (SSSR count). The zero-order chi connectivity index (χ0) is 24.1. The maximum absolute atomic E-state index is 12.7. The van der Waals surface area contributed by atoms with Crippen LogP contribution >= 0.6 is 34.9 Å². The molecular weight excluding hydrogens is 486 g/mol. The summed E-state index contributed by atoms with van der Waals surface area (Å²) < 4.78 is 1.98. The SMILES string of the molecule is C=CCn1c(CSc2ccc(C)cc2)nnc1SCC(=O)Nc1sc2c(c1C(N)=O)CCCC2. The molecule has 2 amide bonds. The van der Waals surface area contributed by atoms with E-state index in [-0.39, 0.29) is 11.7 Å². The van der Waals surface area contributed by atoms with Gasteiger partial charge in [0, 0.05) is 16.3 Å². The Morgan fingerprint density at radius 3 is 2.71 bits per heavy atom. The van der Waals surface area contributed by atoms with Crippen LogP contribution in [-0.4, -0.2) is 32.3 Å². The van der Waals surface area contributed by atoms with Gasteiger partial charge in [0.2, 0.25) is 5.91 Å². The van der Waals surface area contributed by atoms with Crippen molar-refractivity contribution in [3.05, 3.63) is 64.3 Å². The molecule has 2 aromatic heterocycles. The van der Waals surface area contributed by atoms with Crippen LogP contribution in [0.5, 0.6) is 0 Å². The van der Waals surface area contributed by atoms with Gasteiger partial charge in [0.15, 0.2) is 5.16 Å². The fraction of sp³-hybridized carbons (Fsp3) is 0.333. The number of hydrogen-bond donors (Lipinski definition) is 2. The van der Waals surface area contributed by atoms with E-state index in [1.54, 1.807) is 17.8 Å². The van der Waals surface area contributed by atoms with E-state index in [1.807, 2.05) is 4.57 Å². The van der Waals surface area contributed by atoms with Gasteiger partial charge in [-0.2, -0.15) is 0 Å². The number of carbonyl (C=O) groups is 2. The third kappa shape index (κ3) is 5.73. The van der Waals surface area contributed by atoms with E-state index in [2.05, 4.69) is 53.3 Å². The van der Waals surface area contributed by atoms with Gasteiger partial charge in [-0.05, 0) is 50.3 Å². The lowest BCUT2D eigenvalue weighted by molar-refractivity contribution is -0.113. The summed E-state index contributed by atoms with van der Waals surface area (Å²) in [6, 6.07) is 8.36. The van der Waals surface area contributed by atoms with E-state index in [1.165, 1.54) is 28.7 Å². The van der Waals surface area contributed by atoms with Gasteiger partial charge < -0.3 is 15.6 Å². The van der Waals surface area contributed by atoms with Gasteiger partial charge in [-0.1, -0.05) is 35.5 Å². The molecule has 0 saturated heterocycles. The molecule has 0 saturated carbocycles. The lowest BCUT2D eigenvalue weighted by atomic mass is 9.95. The van der Waals surface area contributed by atoms with Gasteiger partial charge in [-0.15, -0.1) is 39.9 Å². The second kappa shape index (κ2) is 11.2. The number of amides is 2. The smallest absolute Gasteiger partial charge is 0.251 e. The number of aryl methyl sites for hydroxylation is 2. The van der Waals surface area contributed by atoms with Gasteiger partial charge >= 0.3 is 0 Å². The number of nitrogens with one attached hydrogen (secondary N) is 1. The number of thioether (sulfide) groups is 2. The van der Waals surface area contributed by atoms with Gasteiger partial charge in [0.1, 0.15) is 10.8 Å². The number of thiophene rings is 1. The minimum absolute atomic E-state index is 0.154. The molecule has 7 nitrogen and oxygen atoms in total. The Kier molecular flexibility index (Phi) is 8.12. The van der Waals surface area contributed by atoms with Gasteiger partial charge in [-0.25, -0.2) is 0 Å². The van der Waals surface area contributed by atoms with Crippen LogP contribution < -0.4 is 11.1 Å². The van der Waals surface area contributed by atoms with E-state index in [0.717, 1.165) is 46.8 Å². The third-order valence-electron chi connectivity index (χ3n) is 5.50. The highest BCUT2D eigenvalue weighted by molar-refractivity contribution is 7.99. The summed E-state index contributed by atoms with van der Waals surface area (Å²) in [6.45, 7) is 6.47. The number of carbonyl (C=O) groups excluding carboxylic acids is 2. The van der Waals surface area contributed by atoms with Crippen molar-refractivity contribution in [3.8, 4) is 0 Å². The number of allylic oxidation sites excluding steroid dienone is 1. The number of fused-ring (bicyclic) bond motifs is 1. The number of nitrogens with zero attached hydrogens (tertiary/aromatic N) is 3. The topological polar surface area (TPSA) is 103 Å². The molecule has 34 heavy (non-hydrogen) atoms. The Labute approximate surface area is 211 Å². The summed E-state index contributed by atoms with van der Waals surface area (Å²) in [6.07, 6.45) is 5.69. The molecule has 1 aromatic carbocycles. The third-order valence-corrected chi connectivity index (χ3v) is 8.68. The normalized spacial score (nSPS) is 12.9. The standard InChI is InChI=1S/C24H27N5O2S3/c1-3-12-29-19(13-32-16-10-8-15(2)9-11-16)27-28-24(29)33-14-20(30)26-23-21(22(25)31)17-6-4-5-7-18(17)34-23/h3,8-11H,1,4-7,12-14H2,2H3,(H2,25,31)(H,26,30). The molecule has 0 radical (unpaired) electrons. The quantitative estimate of drug-likeness (QED) is 0.297. The van der Waals surface area contributed by atoms with Crippen molar-refractivity contribution in [2.24, 2.45) is 5.73 Å². The monoisotopic (exact) mass is 513 g/mol. The minimum Gasteiger partial charge on any atom is -0.365 e. The Hall–Kier alpha value is -2.56.